The first kappa shape index (κ1) is 28.3. The molecule has 15 heteroatoms. The van der Waals surface area contributed by atoms with Gasteiger partial charge >= 0.3 is 5.97 Å². The van der Waals surface area contributed by atoms with Gasteiger partial charge in [0, 0.05) is 23.8 Å². The molecule has 0 unspecified atom stereocenters. The van der Waals surface area contributed by atoms with Gasteiger partial charge in [0.2, 0.25) is 17.5 Å². The molecule has 2 atom stereocenters. The lowest BCUT2D eigenvalue weighted by Gasteiger charge is -2.22. The summed E-state index contributed by atoms with van der Waals surface area (Å²) in [5.41, 5.74) is -0.500. The van der Waals surface area contributed by atoms with E-state index in [4.69, 9.17) is 0 Å². The molecule has 0 bridgehead atoms. The van der Waals surface area contributed by atoms with Crippen LogP contribution in [0.2, 0.25) is 0 Å². The zero-order valence-electron chi connectivity index (χ0n) is 19.5. The number of amides is 1. The van der Waals surface area contributed by atoms with Gasteiger partial charge in [-0.1, -0.05) is 6.92 Å². The number of benzene rings is 1. The van der Waals surface area contributed by atoms with Crippen LogP contribution in [0.5, 0.6) is 5.75 Å². The van der Waals surface area contributed by atoms with Crippen molar-refractivity contribution in [1.29, 1.82) is 0 Å². The molecule has 0 fully saturated rings. The fourth-order valence-electron chi connectivity index (χ4n) is 3.37. The highest BCUT2D eigenvalue weighted by Crippen LogP contribution is 2.26. The van der Waals surface area contributed by atoms with E-state index in [0.717, 1.165) is 4.57 Å². The van der Waals surface area contributed by atoms with Crippen molar-refractivity contribution in [1.82, 2.24) is 14.9 Å². The average Bonchev–Trinajstić information content (AvgIpc) is 3.38. The number of carboxylic acid groups (broad SMARTS) is 1. The lowest BCUT2D eigenvalue weighted by atomic mass is 10.1. The predicted molar refractivity (Wildman–Crippen MR) is 126 cm³/mol. The van der Waals surface area contributed by atoms with Crippen LogP contribution in [0.15, 0.2) is 40.8 Å². The molecule has 38 heavy (non-hydrogen) atoms. The van der Waals surface area contributed by atoms with Crippen molar-refractivity contribution in [2.75, 3.05) is 11.9 Å². The molecule has 0 spiro atoms. The Balaban J connectivity index is 1.79. The Hall–Kier alpha value is -4.27. The number of ether oxygens (including phenoxy) is 1. The van der Waals surface area contributed by atoms with Crippen LogP contribution in [-0.4, -0.2) is 45.0 Å². The molecule has 3 aromatic rings. The van der Waals surface area contributed by atoms with Crippen LogP contribution in [0.1, 0.15) is 25.8 Å². The number of halogens is 4. The molecule has 0 aliphatic rings. The van der Waals surface area contributed by atoms with Crippen LogP contribution in [0.25, 0.3) is 0 Å². The predicted octanol–water partition coefficient (Wildman–Crippen LogP) is 3.16. The number of aliphatic carboxylic acids is 1. The van der Waals surface area contributed by atoms with Gasteiger partial charge in [0.25, 0.3) is 5.56 Å². The molecule has 0 aliphatic carbocycles. The van der Waals surface area contributed by atoms with E-state index in [-0.39, 0.29) is 18.2 Å². The minimum atomic E-state index is -1.90. The number of anilines is 2. The van der Waals surface area contributed by atoms with Crippen molar-refractivity contribution >= 4 is 39.8 Å². The summed E-state index contributed by atoms with van der Waals surface area (Å²) in [6.07, 6.45) is 1.95. The Morgan fingerprint density at radius 2 is 1.87 bits per heavy atom. The van der Waals surface area contributed by atoms with Gasteiger partial charge in [-0.25, -0.2) is 13.8 Å². The summed E-state index contributed by atoms with van der Waals surface area (Å²) in [7, 11) is 0. The van der Waals surface area contributed by atoms with Gasteiger partial charge in [-0.05, 0) is 18.6 Å². The normalized spacial score (nSPS) is 12.4. The van der Waals surface area contributed by atoms with Gasteiger partial charge in [-0.15, -0.1) is 11.3 Å². The van der Waals surface area contributed by atoms with Crippen LogP contribution in [0.4, 0.5) is 28.4 Å². The largest absolute Gasteiger partial charge is 0.481 e. The number of hydrogen-bond acceptors (Lipinski definition) is 8. The molecule has 1 aromatic carbocycles. The van der Waals surface area contributed by atoms with Crippen molar-refractivity contribution in [2.24, 2.45) is 0 Å². The first-order valence-electron chi connectivity index (χ1n) is 10.9. The Morgan fingerprint density at radius 1 is 1.18 bits per heavy atom. The second kappa shape index (κ2) is 12.3. The number of nitrogens with one attached hydrogen (secondary N) is 2. The summed E-state index contributed by atoms with van der Waals surface area (Å²) < 4.78 is 60.1. The summed E-state index contributed by atoms with van der Waals surface area (Å²) in [6.45, 7) is 0.345. The van der Waals surface area contributed by atoms with E-state index in [1.54, 1.807) is 12.3 Å². The summed E-state index contributed by atoms with van der Waals surface area (Å²) in [6, 6.07) is -0.0425. The Labute approximate surface area is 215 Å². The number of nitrogens with zero attached hydrogens (tertiary/aromatic N) is 2. The number of carboxylic acids is 1. The van der Waals surface area contributed by atoms with E-state index in [1.807, 2.05) is 0 Å². The number of rotatable bonds is 12. The molecule has 2 heterocycles. The summed E-state index contributed by atoms with van der Waals surface area (Å²) in [5.74, 6) is -12.4. The highest BCUT2D eigenvalue weighted by molar-refractivity contribution is 7.13. The average molecular weight is 556 g/mol. The van der Waals surface area contributed by atoms with E-state index < -0.39 is 77.3 Å². The monoisotopic (exact) mass is 556 g/mol. The van der Waals surface area contributed by atoms with Crippen molar-refractivity contribution in [3.05, 3.63) is 69.6 Å². The standard InChI is InChI=1S/C23H20F4N4O6S/c1-2-15(31-6-3-4-13(22(31)36)30-23-28-5-7-38-23)21(35)29-14(9-17(33)34)16(32)10-37-20-18(26)11(24)8-12(25)19(20)27/h3-8,14-15H,2,9-10H2,1H3,(H,28,30)(H,29,35)(H,33,34)/t14-,15-/m0/s1. The number of hydrogen-bond donors (Lipinski definition) is 3. The minimum absolute atomic E-state index is 0.0515. The van der Waals surface area contributed by atoms with Gasteiger partial charge in [0.1, 0.15) is 24.4 Å². The van der Waals surface area contributed by atoms with Crippen molar-refractivity contribution in [3.63, 3.8) is 0 Å². The zero-order chi connectivity index (χ0) is 28.0. The van der Waals surface area contributed by atoms with Crippen LogP contribution in [0, 0.1) is 23.3 Å². The molecule has 0 saturated heterocycles. The molecular formula is C23H20F4N4O6S. The summed E-state index contributed by atoms with van der Waals surface area (Å²) >= 11 is 1.23. The number of thiazole rings is 1. The fourth-order valence-corrected chi connectivity index (χ4v) is 3.91. The molecule has 10 nitrogen and oxygen atoms in total. The van der Waals surface area contributed by atoms with Crippen LogP contribution < -0.4 is 20.9 Å². The van der Waals surface area contributed by atoms with Gasteiger partial charge < -0.3 is 25.0 Å². The first-order valence-corrected chi connectivity index (χ1v) is 11.8. The van der Waals surface area contributed by atoms with Gasteiger partial charge in [-0.3, -0.25) is 19.2 Å². The third-order valence-corrected chi connectivity index (χ3v) is 5.88. The first-order chi connectivity index (χ1) is 18.0. The van der Waals surface area contributed by atoms with Crippen molar-refractivity contribution in [3.8, 4) is 5.75 Å². The number of pyridine rings is 1. The molecular weight excluding hydrogens is 536 g/mol. The van der Waals surface area contributed by atoms with Crippen molar-refractivity contribution < 1.29 is 41.8 Å². The second-order valence-corrected chi connectivity index (χ2v) is 8.63. The van der Waals surface area contributed by atoms with E-state index in [9.17, 15) is 41.8 Å². The third-order valence-electron chi connectivity index (χ3n) is 5.19. The Morgan fingerprint density at radius 3 is 2.45 bits per heavy atom. The molecule has 2 aromatic heterocycles. The van der Waals surface area contributed by atoms with E-state index in [0.29, 0.717) is 5.13 Å². The Bertz CT molecular complexity index is 1370. The smallest absolute Gasteiger partial charge is 0.305 e. The van der Waals surface area contributed by atoms with E-state index in [1.165, 1.54) is 35.9 Å². The van der Waals surface area contributed by atoms with E-state index in [2.05, 4.69) is 20.4 Å². The maximum absolute atomic E-state index is 13.8. The molecule has 0 saturated carbocycles. The van der Waals surface area contributed by atoms with Gasteiger partial charge in [0.05, 0.1) is 6.42 Å². The van der Waals surface area contributed by atoms with Gasteiger partial charge in [0.15, 0.2) is 28.3 Å². The molecule has 3 rings (SSSR count). The summed E-state index contributed by atoms with van der Waals surface area (Å²) in [5, 5.41) is 16.3. The number of Topliss-reactive ketones (excluding diaryl/α,β-unsaturated/α-hetero) is 1. The molecule has 0 aliphatic heterocycles. The highest BCUT2D eigenvalue weighted by atomic mass is 32.1. The molecule has 0 radical (unpaired) electrons. The maximum Gasteiger partial charge on any atom is 0.305 e. The van der Waals surface area contributed by atoms with Crippen LogP contribution in [-0.2, 0) is 14.4 Å². The van der Waals surface area contributed by atoms with Crippen LogP contribution >= 0.6 is 11.3 Å². The topological polar surface area (TPSA) is 140 Å². The lowest BCUT2D eigenvalue weighted by Crippen LogP contribution is -2.48. The van der Waals surface area contributed by atoms with Gasteiger partial charge in [-0.2, -0.15) is 8.78 Å². The number of aromatic nitrogens is 2. The lowest BCUT2D eigenvalue weighted by molar-refractivity contribution is -0.140. The van der Waals surface area contributed by atoms with Crippen LogP contribution in [0.3, 0.4) is 0 Å². The number of carbonyl (C=O) groups is 3. The zero-order valence-corrected chi connectivity index (χ0v) is 20.4. The fraction of sp³-hybridized carbons (Fsp3) is 0.261. The highest BCUT2D eigenvalue weighted by Gasteiger charge is 2.30. The number of ketones is 1. The molecule has 202 valence electrons. The van der Waals surface area contributed by atoms with Crippen molar-refractivity contribution in [2.45, 2.75) is 31.8 Å². The minimum Gasteiger partial charge on any atom is -0.481 e. The second-order valence-electron chi connectivity index (χ2n) is 7.73. The quantitative estimate of drug-likeness (QED) is 0.228. The Kier molecular flexibility index (Phi) is 9.17. The number of carbonyl (C=O) groups excluding carboxylic acids is 2. The maximum atomic E-state index is 13.8. The summed E-state index contributed by atoms with van der Waals surface area (Å²) in [4.78, 5) is 53.9. The molecule has 3 N–H and O–H groups in total. The SMILES string of the molecule is CC[C@@H](C(=O)N[C@@H](CC(=O)O)C(=O)COc1c(F)c(F)cc(F)c1F)n1cccc(Nc2nccs2)c1=O. The van der Waals surface area contributed by atoms with E-state index >= 15 is 0 Å². The molecule has 1 amide bonds. The third kappa shape index (κ3) is 6.53.